The molecule has 1 saturated heterocycles. The van der Waals surface area contributed by atoms with Gasteiger partial charge in [0.15, 0.2) is 5.01 Å². The second-order valence-electron chi connectivity index (χ2n) is 3.74. The molecule has 1 fully saturated rings. The highest BCUT2D eigenvalue weighted by Crippen LogP contribution is 2.21. The molecule has 0 radical (unpaired) electrons. The minimum atomic E-state index is 0.0744. The van der Waals surface area contributed by atoms with Crippen LogP contribution < -0.4 is 0 Å². The van der Waals surface area contributed by atoms with Crippen LogP contribution in [0.25, 0.3) is 0 Å². The van der Waals surface area contributed by atoms with Crippen LogP contribution in [-0.4, -0.2) is 39.9 Å². The van der Waals surface area contributed by atoms with Gasteiger partial charge < -0.3 is 4.90 Å². The van der Waals surface area contributed by atoms with Gasteiger partial charge in [0.25, 0.3) is 5.91 Å². The summed E-state index contributed by atoms with van der Waals surface area (Å²) in [5.74, 6) is 1.10. The predicted octanol–water partition coefficient (Wildman–Crippen LogP) is 2.87. The SMILES string of the molecule is CC1CCN(C(=O)c2nc(Br)cs2)CCS1. The molecule has 0 bridgehead atoms. The van der Waals surface area contributed by atoms with Crippen molar-refractivity contribution in [2.45, 2.75) is 18.6 Å². The third-order valence-corrected chi connectivity index (χ3v) is 5.28. The number of rotatable bonds is 1. The molecule has 0 saturated carbocycles. The van der Waals surface area contributed by atoms with Crippen molar-refractivity contribution in [1.82, 2.24) is 9.88 Å². The van der Waals surface area contributed by atoms with E-state index < -0.39 is 0 Å². The van der Waals surface area contributed by atoms with Crippen LogP contribution in [0.4, 0.5) is 0 Å². The summed E-state index contributed by atoms with van der Waals surface area (Å²) in [7, 11) is 0. The van der Waals surface area contributed by atoms with E-state index in [2.05, 4.69) is 27.8 Å². The van der Waals surface area contributed by atoms with Crippen LogP contribution >= 0.6 is 39.0 Å². The van der Waals surface area contributed by atoms with Gasteiger partial charge in [0, 0.05) is 29.5 Å². The normalized spacial score (nSPS) is 21.9. The molecule has 88 valence electrons. The first kappa shape index (κ1) is 12.4. The van der Waals surface area contributed by atoms with Crippen molar-refractivity contribution in [3.8, 4) is 0 Å². The fourth-order valence-electron chi connectivity index (χ4n) is 1.59. The van der Waals surface area contributed by atoms with E-state index in [1.807, 2.05) is 22.0 Å². The molecule has 2 rings (SSSR count). The van der Waals surface area contributed by atoms with Gasteiger partial charge in [-0.15, -0.1) is 11.3 Å². The van der Waals surface area contributed by atoms with Gasteiger partial charge in [0.05, 0.1) is 0 Å². The Labute approximate surface area is 112 Å². The molecule has 3 nitrogen and oxygen atoms in total. The lowest BCUT2D eigenvalue weighted by atomic mass is 10.3. The first-order chi connectivity index (χ1) is 7.66. The van der Waals surface area contributed by atoms with E-state index in [0.717, 1.165) is 29.9 Å². The maximum atomic E-state index is 12.1. The molecule has 0 aliphatic carbocycles. The molecule has 1 aliphatic heterocycles. The van der Waals surface area contributed by atoms with Gasteiger partial charge in [0.2, 0.25) is 0 Å². The molecular formula is C10H13BrN2OS2. The highest BCUT2D eigenvalue weighted by molar-refractivity contribution is 9.10. The second kappa shape index (κ2) is 5.51. The fraction of sp³-hybridized carbons (Fsp3) is 0.600. The van der Waals surface area contributed by atoms with Crippen molar-refractivity contribution in [1.29, 1.82) is 0 Å². The molecule has 1 aromatic rings. The average Bonchev–Trinajstić information content (AvgIpc) is 2.57. The van der Waals surface area contributed by atoms with Gasteiger partial charge in [0.1, 0.15) is 4.60 Å². The Morgan fingerprint density at radius 2 is 2.44 bits per heavy atom. The maximum Gasteiger partial charge on any atom is 0.282 e. The Kier molecular flexibility index (Phi) is 4.27. The highest BCUT2D eigenvalue weighted by Gasteiger charge is 2.21. The number of halogens is 1. The van der Waals surface area contributed by atoms with Gasteiger partial charge in [-0.05, 0) is 22.4 Å². The molecular weight excluding hydrogens is 308 g/mol. The van der Waals surface area contributed by atoms with Gasteiger partial charge in [-0.3, -0.25) is 4.79 Å². The number of aromatic nitrogens is 1. The third kappa shape index (κ3) is 2.99. The first-order valence-electron chi connectivity index (χ1n) is 5.18. The topological polar surface area (TPSA) is 33.2 Å². The fourth-order valence-corrected chi connectivity index (χ4v) is 3.81. The largest absolute Gasteiger partial charge is 0.336 e. The predicted molar refractivity (Wildman–Crippen MR) is 72.3 cm³/mol. The summed E-state index contributed by atoms with van der Waals surface area (Å²) < 4.78 is 0.749. The van der Waals surface area contributed by atoms with E-state index in [4.69, 9.17) is 0 Å². The summed E-state index contributed by atoms with van der Waals surface area (Å²) in [5.41, 5.74) is 0. The number of nitrogens with zero attached hydrogens (tertiary/aromatic N) is 2. The lowest BCUT2D eigenvalue weighted by Gasteiger charge is -2.18. The van der Waals surface area contributed by atoms with Crippen molar-refractivity contribution in [3.05, 3.63) is 15.0 Å². The van der Waals surface area contributed by atoms with E-state index in [1.54, 1.807) is 0 Å². The van der Waals surface area contributed by atoms with Crippen molar-refractivity contribution in [2.24, 2.45) is 0 Å². The molecule has 0 aromatic carbocycles. The van der Waals surface area contributed by atoms with Crippen LogP contribution in [0, 0.1) is 0 Å². The average molecular weight is 321 g/mol. The molecule has 6 heteroatoms. The molecule has 16 heavy (non-hydrogen) atoms. The lowest BCUT2D eigenvalue weighted by molar-refractivity contribution is 0.0766. The van der Waals surface area contributed by atoms with E-state index in [0.29, 0.717) is 10.3 Å². The Bertz CT molecular complexity index is 383. The van der Waals surface area contributed by atoms with Crippen LogP contribution in [-0.2, 0) is 0 Å². The van der Waals surface area contributed by atoms with E-state index in [-0.39, 0.29) is 5.91 Å². The van der Waals surface area contributed by atoms with Crippen LogP contribution in [0.2, 0.25) is 0 Å². The Morgan fingerprint density at radius 1 is 1.62 bits per heavy atom. The summed E-state index contributed by atoms with van der Waals surface area (Å²) in [5, 5.41) is 3.09. The molecule has 1 amide bonds. The zero-order valence-electron chi connectivity index (χ0n) is 8.98. The van der Waals surface area contributed by atoms with Crippen LogP contribution in [0.1, 0.15) is 23.1 Å². The molecule has 0 N–H and O–H groups in total. The smallest absolute Gasteiger partial charge is 0.282 e. The van der Waals surface area contributed by atoms with Crippen molar-refractivity contribution < 1.29 is 4.79 Å². The quantitative estimate of drug-likeness (QED) is 0.797. The summed E-state index contributed by atoms with van der Waals surface area (Å²) >= 11 is 6.62. The van der Waals surface area contributed by atoms with Crippen molar-refractivity contribution in [3.63, 3.8) is 0 Å². The highest BCUT2D eigenvalue weighted by atomic mass is 79.9. The number of hydrogen-bond acceptors (Lipinski definition) is 4. The molecule has 2 heterocycles. The van der Waals surface area contributed by atoms with Gasteiger partial charge in [-0.25, -0.2) is 4.98 Å². The molecule has 0 spiro atoms. The van der Waals surface area contributed by atoms with E-state index in [9.17, 15) is 4.79 Å². The van der Waals surface area contributed by atoms with Crippen molar-refractivity contribution >= 4 is 44.9 Å². The monoisotopic (exact) mass is 320 g/mol. The number of thiazole rings is 1. The standard InChI is InChI=1S/C10H13BrN2OS2/c1-7-2-3-13(4-5-15-7)10(14)9-12-8(11)6-16-9/h6-7H,2-5H2,1H3. The lowest BCUT2D eigenvalue weighted by Crippen LogP contribution is -2.33. The van der Waals surface area contributed by atoms with Crippen LogP contribution in [0.5, 0.6) is 0 Å². The summed E-state index contributed by atoms with van der Waals surface area (Å²) in [4.78, 5) is 18.2. The third-order valence-electron chi connectivity index (χ3n) is 2.52. The van der Waals surface area contributed by atoms with E-state index in [1.165, 1.54) is 11.3 Å². The molecule has 1 aromatic heterocycles. The maximum absolute atomic E-state index is 12.1. The number of carbonyl (C=O) groups is 1. The van der Waals surface area contributed by atoms with Gasteiger partial charge in [-0.1, -0.05) is 6.92 Å². The first-order valence-corrected chi connectivity index (χ1v) is 7.91. The van der Waals surface area contributed by atoms with Gasteiger partial charge >= 0.3 is 0 Å². The Balaban J connectivity index is 2.04. The molecule has 1 unspecified atom stereocenters. The zero-order chi connectivity index (χ0) is 11.5. The summed E-state index contributed by atoms with van der Waals surface area (Å²) in [6.45, 7) is 3.91. The number of carbonyl (C=O) groups excluding carboxylic acids is 1. The Hall–Kier alpha value is -0.0700. The Morgan fingerprint density at radius 3 is 3.12 bits per heavy atom. The van der Waals surface area contributed by atoms with Crippen LogP contribution in [0.15, 0.2) is 9.98 Å². The molecule has 1 aliphatic rings. The number of amides is 1. The summed E-state index contributed by atoms with van der Waals surface area (Å²) in [6.07, 6.45) is 1.07. The second-order valence-corrected chi connectivity index (χ2v) is 6.95. The minimum Gasteiger partial charge on any atom is -0.336 e. The minimum absolute atomic E-state index is 0.0744. The number of thioether (sulfide) groups is 1. The van der Waals surface area contributed by atoms with Crippen LogP contribution in [0.3, 0.4) is 0 Å². The zero-order valence-corrected chi connectivity index (χ0v) is 12.2. The number of hydrogen-bond donors (Lipinski definition) is 0. The van der Waals surface area contributed by atoms with Gasteiger partial charge in [-0.2, -0.15) is 11.8 Å². The van der Waals surface area contributed by atoms with Crippen molar-refractivity contribution in [2.75, 3.05) is 18.8 Å². The molecule has 1 atom stereocenters. The summed E-state index contributed by atoms with van der Waals surface area (Å²) in [6, 6.07) is 0. The van der Waals surface area contributed by atoms with E-state index >= 15 is 0 Å².